The molecule has 0 saturated heterocycles. The number of rotatable bonds is 7. The molecule has 0 aromatic heterocycles. The molecule has 4 unspecified atom stereocenters. The van der Waals surface area contributed by atoms with Gasteiger partial charge < -0.3 is 0 Å². The third-order valence-electron chi connectivity index (χ3n) is 5.05. The van der Waals surface area contributed by atoms with E-state index in [2.05, 4.69) is 41.5 Å². The maximum absolute atomic E-state index is 12.1. The van der Waals surface area contributed by atoms with Gasteiger partial charge in [0.1, 0.15) is 5.78 Å². The van der Waals surface area contributed by atoms with Gasteiger partial charge >= 0.3 is 0 Å². The van der Waals surface area contributed by atoms with Crippen molar-refractivity contribution in [3.8, 4) is 0 Å². The second kappa shape index (κ2) is 7.61. The van der Waals surface area contributed by atoms with Crippen LogP contribution in [0.25, 0.3) is 0 Å². The van der Waals surface area contributed by atoms with Crippen LogP contribution >= 0.6 is 0 Å². The summed E-state index contributed by atoms with van der Waals surface area (Å²) in [5, 5.41) is 0. The lowest BCUT2D eigenvalue weighted by atomic mass is 9.82. The van der Waals surface area contributed by atoms with E-state index in [4.69, 9.17) is 0 Å². The molecule has 0 spiro atoms. The van der Waals surface area contributed by atoms with Crippen molar-refractivity contribution in [1.82, 2.24) is 0 Å². The maximum Gasteiger partial charge on any atom is 0.133 e. The van der Waals surface area contributed by atoms with Crippen molar-refractivity contribution in [3.63, 3.8) is 0 Å². The highest BCUT2D eigenvalue weighted by molar-refractivity contribution is 5.79. The van der Waals surface area contributed by atoms with E-state index in [1.54, 1.807) is 0 Å². The van der Waals surface area contributed by atoms with Crippen LogP contribution in [0.5, 0.6) is 0 Å². The fraction of sp³-hybridized carbons (Fsp3) is 0.947. The van der Waals surface area contributed by atoms with Gasteiger partial charge in [-0.1, -0.05) is 54.4 Å². The lowest BCUT2D eigenvalue weighted by Crippen LogP contribution is -2.17. The van der Waals surface area contributed by atoms with Crippen molar-refractivity contribution in [3.05, 3.63) is 0 Å². The van der Waals surface area contributed by atoms with E-state index in [-0.39, 0.29) is 5.41 Å². The first-order chi connectivity index (χ1) is 9.25. The zero-order valence-electron chi connectivity index (χ0n) is 14.7. The van der Waals surface area contributed by atoms with Gasteiger partial charge in [0, 0.05) is 12.8 Å². The summed E-state index contributed by atoms with van der Waals surface area (Å²) < 4.78 is 0. The average molecular weight is 280 g/mol. The zero-order valence-corrected chi connectivity index (χ0v) is 14.7. The first kappa shape index (κ1) is 17.7. The number of Topliss-reactive ketones (excluding diaryl/α,β-unsaturated/α-hetero) is 1. The highest BCUT2D eigenvalue weighted by Crippen LogP contribution is 2.43. The normalized spacial score (nSPS) is 28.6. The molecule has 0 aromatic rings. The summed E-state index contributed by atoms with van der Waals surface area (Å²) in [6.07, 6.45) is 8.30. The van der Waals surface area contributed by atoms with Crippen LogP contribution in [0.2, 0.25) is 0 Å². The Balaban J connectivity index is 2.41. The van der Waals surface area contributed by atoms with Crippen molar-refractivity contribution in [2.45, 2.75) is 86.5 Å². The molecule has 1 rings (SSSR count). The molecule has 1 saturated carbocycles. The lowest BCUT2D eigenvalue weighted by Gasteiger charge is -2.23. The minimum atomic E-state index is 0.142. The van der Waals surface area contributed by atoms with Gasteiger partial charge in [-0.3, -0.25) is 4.79 Å². The Labute approximate surface area is 126 Å². The Bertz CT molecular complexity index is 299. The molecule has 1 heteroatoms. The fourth-order valence-corrected chi connectivity index (χ4v) is 4.11. The van der Waals surface area contributed by atoms with Gasteiger partial charge in [0.2, 0.25) is 0 Å². The molecule has 0 aromatic carbocycles. The van der Waals surface area contributed by atoms with Crippen LogP contribution in [0, 0.1) is 29.1 Å². The summed E-state index contributed by atoms with van der Waals surface area (Å²) in [6.45, 7) is 13.4. The summed E-state index contributed by atoms with van der Waals surface area (Å²) in [5.74, 6) is 3.77. The number of ketones is 1. The molecule has 1 nitrogen and oxygen atoms in total. The molecule has 1 aliphatic carbocycles. The average Bonchev–Trinajstić information content (AvgIpc) is 2.68. The van der Waals surface area contributed by atoms with Crippen LogP contribution in [-0.2, 0) is 4.79 Å². The Morgan fingerprint density at radius 3 is 2.20 bits per heavy atom. The van der Waals surface area contributed by atoms with E-state index >= 15 is 0 Å². The first-order valence-corrected chi connectivity index (χ1v) is 8.76. The molecular formula is C19H36O. The van der Waals surface area contributed by atoms with E-state index < -0.39 is 0 Å². The second-order valence-corrected chi connectivity index (χ2v) is 8.50. The molecule has 1 aliphatic rings. The largest absolute Gasteiger partial charge is 0.300 e. The standard InChI is InChI=1S/C19H36O/c1-7-15-11-16(8-2)17(12-15)9-14(3)10-18(20)13-19(4,5)6/h14-17H,7-13H2,1-6H3. The fourth-order valence-electron chi connectivity index (χ4n) is 4.11. The second-order valence-electron chi connectivity index (χ2n) is 8.50. The minimum absolute atomic E-state index is 0.142. The van der Waals surface area contributed by atoms with Crippen LogP contribution in [0.15, 0.2) is 0 Å². The van der Waals surface area contributed by atoms with Gasteiger partial charge in [0.05, 0.1) is 0 Å². The van der Waals surface area contributed by atoms with Crippen LogP contribution < -0.4 is 0 Å². The predicted octanol–water partition coefficient (Wildman–Crippen LogP) is 5.87. The lowest BCUT2D eigenvalue weighted by molar-refractivity contribution is -0.121. The monoisotopic (exact) mass is 280 g/mol. The Morgan fingerprint density at radius 2 is 1.70 bits per heavy atom. The Kier molecular flexibility index (Phi) is 6.75. The van der Waals surface area contributed by atoms with E-state index in [0.29, 0.717) is 11.7 Å². The van der Waals surface area contributed by atoms with Crippen LogP contribution in [0.4, 0.5) is 0 Å². The molecular weight excluding hydrogens is 244 g/mol. The van der Waals surface area contributed by atoms with Crippen molar-refractivity contribution >= 4 is 5.78 Å². The number of carbonyl (C=O) groups is 1. The SMILES string of the molecule is CCC1CC(CC)C(CC(C)CC(=O)CC(C)(C)C)C1. The smallest absolute Gasteiger partial charge is 0.133 e. The van der Waals surface area contributed by atoms with Crippen molar-refractivity contribution < 1.29 is 4.79 Å². The molecule has 0 amide bonds. The molecule has 0 heterocycles. The minimum Gasteiger partial charge on any atom is -0.300 e. The van der Waals surface area contributed by atoms with Gasteiger partial charge in [0.25, 0.3) is 0 Å². The molecule has 20 heavy (non-hydrogen) atoms. The molecule has 118 valence electrons. The van der Waals surface area contributed by atoms with Gasteiger partial charge in [-0.05, 0) is 48.3 Å². The molecule has 0 radical (unpaired) electrons. The summed E-state index contributed by atoms with van der Waals surface area (Å²) in [4.78, 5) is 12.1. The summed E-state index contributed by atoms with van der Waals surface area (Å²) in [7, 11) is 0. The quantitative estimate of drug-likeness (QED) is 0.570. The van der Waals surface area contributed by atoms with Crippen LogP contribution in [0.3, 0.4) is 0 Å². The predicted molar refractivity (Wildman–Crippen MR) is 87.8 cm³/mol. The Morgan fingerprint density at radius 1 is 1.10 bits per heavy atom. The van der Waals surface area contributed by atoms with E-state index in [0.717, 1.165) is 30.6 Å². The summed E-state index contributed by atoms with van der Waals surface area (Å²) >= 11 is 0. The molecule has 0 aliphatic heterocycles. The van der Waals surface area contributed by atoms with Gasteiger partial charge in [0.15, 0.2) is 0 Å². The highest BCUT2D eigenvalue weighted by Gasteiger charge is 2.33. The number of carbonyl (C=O) groups excluding carboxylic acids is 1. The van der Waals surface area contributed by atoms with E-state index in [1.807, 2.05) is 0 Å². The summed E-state index contributed by atoms with van der Waals surface area (Å²) in [5.41, 5.74) is 0.142. The van der Waals surface area contributed by atoms with Gasteiger partial charge in [-0.2, -0.15) is 0 Å². The third kappa shape index (κ3) is 5.97. The maximum atomic E-state index is 12.1. The van der Waals surface area contributed by atoms with Gasteiger partial charge in [-0.25, -0.2) is 0 Å². The number of hydrogen-bond donors (Lipinski definition) is 0. The van der Waals surface area contributed by atoms with Crippen molar-refractivity contribution in [2.24, 2.45) is 29.1 Å². The van der Waals surface area contributed by atoms with Crippen LogP contribution in [0.1, 0.15) is 86.5 Å². The Hall–Kier alpha value is -0.330. The molecule has 0 N–H and O–H groups in total. The van der Waals surface area contributed by atoms with E-state index in [1.165, 1.54) is 32.1 Å². The molecule has 4 atom stereocenters. The zero-order chi connectivity index (χ0) is 15.3. The topological polar surface area (TPSA) is 17.1 Å². The molecule has 0 bridgehead atoms. The summed E-state index contributed by atoms with van der Waals surface area (Å²) in [6, 6.07) is 0. The van der Waals surface area contributed by atoms with Gasteiger partial charge in [-0.15, -0.1) is 0 Å². The van der Waals surface area contributed by atoms with E-state index in [9.17, 15) is 4.79 Å². The molecule has 1 fully saturated rings. The van der Waals surface area contributed by atoms with Crippen molar-refractivity contribution in [2.75, 3.05) is 0 Å². The van der Waals surface area contributed by atoms with Crippen LogP contribution in [-0.4, -0.2) is 5.78 Å². The third-order valence-corrected chi connectivity index (χ3v) is 5.05. The highest BCUT2D eigenvalue weighted by atomic mass is 16.1. The number of hydrogen-bond acceptors (Lipinski definition) is 1. The first-order valence-electron chi connectivity index (χ1n) is 8.76. The van der Waals surface area contributed by atoms with Crippen molar-refractivity contribution in [1.29, 1.82) is 0 Å².